The van der Waals surface area contributed by atoms with E-state index in [1.54, 1.807) is 6.92 Å². The molecule has 0 fully saturated rings. The maximum Gasteiger partial charge on any atom is 0.329 e. The number of carboxylic acid groups (broad SMARTS) is 1. The van der Waals surface area contributed by atoms with Crippen molar-refractivity contribution in [2.45, 2.75) is 52.1 Å². The van der Waals surface area contributed by atoms with Crippen LogP contribution in [0.5, 0.6) is 0 Å². The fourth-order valence-electron chi connectivity index (χ4n) is 1.95. The number of likely N-dealkylation sites (N-methyl/N-ethyl adjacent to an activating group) is 1. The minimum atomic E-state index is -1.23. The van der Waals surface area contributed by atoms with E-state index in [1.807, 2.05) is 19.0 Å². The Kier molecular flexibility index (Phi) is 7.57. The molecule has 0 saturated carbocycles. The molecule has 2 atom stereocenters. The van der Waals surface area contributed by atoms with E-state index in [0.717, 1.165) is 13.0 Å². The number of nitrogens with one attached hydrogen (secondary N) is 2. The predicted octanol–water partition coefficient (Wildman–Crippen LogP) is 1.52. The van der Waals surface area contributed by atoms with Crippen LogP contribution in [-0.4, -0.2) is 54.2 Å². The van der Waals surface area contributed by atoms with Crippen molar-refractivity contribution in [3.8, 4) is 0 Å². The Morgan fingerprint density at radius 2 is 1.85 bits per heavy atom. The lowest BCUT2D eigenvalue weighted by Gasteiger charge is -2.28. The van der Waals surface area contributed by atoms with Gasteiger partial charge in [-0.05, 0) is 39.8 Å². The van der Waals surface area contributed by atoms with Gasteiger partial charge in [-0.15, -0.1) is 0 Å². The Bertz CT molecular complexity index is 322. The van der Waals surface area contributed by atoms with Gasteiger partial charge >= 0.3 is 12.0 Å². The van der Waals surface area contributed by atoms with E-state index in [9.17, 15) is 9.59 Å². The molecule has 0 aliphatic heterocycles. The van der Waals surface area contributed by atoms with E-state index in [0.29, 0.717) is 12.3 Å². The van der Waals surface area contributed by atoms with Gasteiger partial charge < -0.3 is 20.6 Å². The Hall–Kier alpha value is -1.30. The molecule has 0 aromatic carbocycles. The summed E-state index contributed by atoms with van der Waals surface area (Å²) in [7, 11) is 3.89. The van der Waals surface area contributed by atoms with Crippen LogP contribution < -0.4 is 10.6 Å². The molecule has 3 N–H and O–H groups in total. The van der Waals surface area contributed by atoms with Crippen molar-refractivity contribution in [3.05, 3.63) is 0 Å². The number of carbonyl (C=O) groups is 2. The van der Waals surface area contributed by atoms with Gasteiger partial charge in [0.15, 0.2) is 0 Å². The Labute approximate surface area is 121 Å². The molecule has 0 aliphatic rings. The minimum absolute atomic E-state index is 0.0000916. The van der Waals surface area contributed by atoms with E-state index in [1.165, 1.54) is 6.92 Å². The van der Waals surface area contributed by atoms with Gasteiger partial charge in [0.1, 0.15) is 5.54 Å². The van der Waals surface area contributed by atoms with Crippen molar-refractivity contribution >= 4 is 12.0 Å². The number of carboxylic acids is 1. The van der Waals surface area contributed by atoms with E-state index < -0.39 is 17.5 Å². The van der Waals surface area contributed by atoms with Gasteiger partial charge in [-0.3, -0.25) is 0 Å². The molecule has 20 heavy (non-hydrogen) atoms. The van der Waals surface area contributed by atoms with Crippen molar-refractivity contribution < 1.29 is 14.7 Å². The van der Waals surface area contributed by atoms with Crippen molar-refractivity contribution in [2.75, 3.05) is 20.6 Å². The van der Waals surface area contributed by atoms with E-state index in [-0.39, 0.29) is 6.04 Å². The highest BCUT2D eigenvalue weighted by Gasteiger charge is 2.33. The molecule has 118 valence electrons. The molecule has 0 radical (unpaired) electrons. The third kappa shape index (κ3) is 6.75. The highest BCUT2D eigenvalue weighted by atomic mass is 16.4. The molecule has 0 saturated heterocycles. The Morgan fingerprint density at radius 3 is 2.20 bits per heavy atom. The van der Waals surface area contributed by atoms with Crippen LogP contribution in [-0.2, 0) is 4.79 Å². The molecule has 0 heterocycles. The molecule has 0 spiro atoms. The highest BCUT2D eigenvalue weighted by molar-refractivity contribution is 5.85. The molecular weight excluding hydrogens is 258 g/mol. The van der Waals surface area contributed by atoms with E-state index >= 15 is 0 Å². The highest BCUT2D eigenvalue weighted by Crippen LogP contribution is 2.10. The summed E-state index contributed by atoms with van der Waals surface area (Å²) >= 11 is 0. The monoisotopic (exact) mass is 287 g/mol. The lowest BCUT2D eigenvalue weighted by atomic mass is 9.99. The van der Waals surface area contributed by atoms with Crippen molar-refractivity contribution in [3.63, 3.8) is 0 Å². The molecular formula is C14H29N3O3. The number of hydrogen-bond donors (Lipinski definition) is 3. The molecule has 2 amide bonds. The number of nitrogens with zero attached hydrogens (tertiary/aromatic N) is 1. The maximum absolute atomic E-state index is 12.0. The second kappa shape index (κ2) is 8.09. The first kappa shape index (κ1) is 18.7. The van der Waals surface area contributed by atoms with Crippen molar-refractivity contribution in [1.29, 1.82) is 0 Å². The topological polar surface area (TPSA) is 81.7 Å². The molecule has 0 aliphatic carbocycles. The average molecular weight is 287 g/mol. The first-order chi connectivity index (χ1) is 9.10. The summed E-state index contributed by atoms with van der Waals surface area (Å²) in [5.41, 5.74) is -1.23. The quantitative estimate of drug-likeness (QED) is 0.632. The molecule has 2 unspecified atom stereocenters. The average Bonchev–Trinajstić information content (AvgIpc) is 2.26. The molecule has 0 aromatic heterocycles. The summed E-state index contributed by atoms with van der Waals surface area (Å²) in [6, 6.07) is -0.427. The smallest absolute Gasteiger partial charge is 0.329 e. The number of amides is 2. The summed E-state index contributed by atoms with van der Waals surface area (Å²) in [4.78, 5) is 25.2. The van der Waals surface area contributed by atoms with Gasteiger partial charge in [0.25, 0.3) is 0 Å². The van der Waals surface area contributed by atoms with Crippen LogP contribution in [0, 0.1) is 5.92 Å². The van der Waals surface area contributed by atoms with Crippen LogP contribution in [0.1, 0.15) is 40.5 Å². The van der Waals surface area contributed by atoms with Gasteiger partial charge in [0, 0.05) is 12.6 Å². The third-order valence-corrected chi connectivity index (χ3v) is 3.25. The van der Waals surface area contributed by atoms with Crippen LogP contribution in [0.3, 0.4) is 0 Å². The van der Waals surface area contributed by atoms with Crippen LogP contribution in [0.2, 0.25) is 0 Å². The van der Waals surface area contributed by atoms with Crippen molar-refractivity contribution in [1.82, 2.24) is 15.5 Å². The molecule has 6 nitrogen and oxygen atoms in total. The Balaban J connectivity index is 4.63. The number of rotatable bonds is 8. The predicted molar refractivity (Wildman–Crippen MR) is 79.8 cm³/mol. The van der Waals surface area contributed by atoms with Gasteiger partial charge in [-0.25, -0.2) is 9.59 Å². The summed E-state index contributed by atoms with van der Waals surface area (Å²) in [6.45, 7) is 8.16. The second-order valence-electron chi connectivity index (χ2n) is 6.18. The number of aliphatic carboxylic acids is 1. The first-order valence-corrected chi connectivity index (χ1v) is 7.07. The normalized spacial score (nSPS) is 15.8. The first-order valence-electron chi connectivity index (χ1n) is 7.07. The molecule has 6 heteroatoms. The van der Waals surface area contributed by atoms with Crippen LogP contribution in [0.4, 0.5) is 4.79 Å². The third-order valence-electron chi connectivity index (χ3n) is 3.25. The number of carbonyl (C=O) groups excluding carboxylic acids is 1. The fourth-order valence-corrected chi connectivity index (χ4v) is 1.95. The lowest BCUT2D eigenvalue weighted by molar-refractivity contribution is -0.143. The van der Waals surface area contributed by atoms with Crippen LogP contribution >= 0.6 is 0 Å². The summed E-state index contributed by atoms with van der Waals surface area (Å²) in [5, 5.41) is 14.6. The summed E-state index contributed by atoms with van der Waals surface area (Å²) in [6.07, 6.45) is 1.18. The summed E-state index contributed by atoms with van der Waals surface area (Å²) in [5.74, 6) is -0.569. The largest absolute Gasteiger partial charge is 0.480 e. The van der Waals surface area contributed by atoms with Gasteiger partial charge in [-0.2, -0.15) is 0 Å². The zero-order chi connectivity index (χ0) is 15.9. The Morgan fingerprint density at radius 1 is 1.30 bits per heavy atom. The van der Waals surface area contributed by atoms with Crippen LogP contribution in [0.15, 0.2) is 0 Å². The number of hydrogen-bond acceptors (Lipinski definition) is 3. The SMILES string of the molecule is CCC(C)(NC(=O)NC(CC(C)C)CN(C)C)C(=O)O. The van der Waals surface area contributed by atoms with E-state index in [4.69, 9.17) is 5.11 Å². The molecule has 0 bridgehead atoms. The fraction of sp³-hybridized carbons (Fsp3) is 0.857. The minimum Gasteiger partial charge on any atom is -0.480 e. The zero-order valence-electron chi connectivity index (χ0n) is 13.5. The summed E-state index contributed by atoms with van der Waals surface area (Å²) < 4.78 is 0. The maximum atomic E-state index is 12.0. The lowest BCUT2D eigenvalue weighted by Crippen LogP contribution is -2.57. The standard InChI is InChI=1S/C14H29N3O3/c1-7-14(4,12(18)19)16-13(20)15-11(8-10(2)3)9-17(5)6/h10-11H,7-9H2,1-6H3,(H,18,19)(H2,15,16,20). The molecule has 0 rings (SSSR count). The van der Waals surface area contributed by atoms with Crippen LogP contribution in [0.25, 0.3) is 0 Å². The molecule has 0 aromatic rings. The second-order valence-corrected chi connectivity index (χ2v) is 6.18. The van der Waals surface area contributed by atoms with Gasteiger partial charge in [0.05, 0.1) is 0 Å². The van der Waals surface area contributed by atoms with Gasteiger partial charge in [-0.1, -0.05) is 20.8 Å². The van der Waals surface area contributed by atoms with Gasteiger partial charge in [0.2, 0.25) is 0 Å². The zero-order valence-corrected chi connectivity index (χ0v) is 13.5. The number of urea groups is 1. The van der Waals surface area contributed by atoms with E-state index in [2.05, 4.69) is 24.5 Å². The van der Waals surface area contributed by atoms with Crippen molar-refractivity contribution in [2.24, 2.45) is 5.92 Å².